The number of likely N-dealkylation sites (tertiary alicyclic amines) is 1. The maximum Gasteiger partial charge on any atom is 0.174 e. The molecular weight excluding hydrogens is 438 g/mol. The molecule has 7 rings (SSSR count). The van der Waals surface area contributed by atoms with Gasteiger partial charge in [0, 0.05) is 41.6 Å². The molecule has 2 aromatic carbocycles. The van der Waals surface area contributed by atoms with E-state index in [1.165, 1.54) is 36.1 Å². The Morgan fingerprint density at radius 2 is 2.00 bits per heavy atom. The monoisotopic (exact) mass is 473 g/mol. The van der Waals surface area contributed by atoms with Crippen molar-refractivity contribution < 1.29 is 19.0 Å². The van der Waals surface area contributed by atoms with Gasteiger partial charge in [0.25, 0.3) is 0 Å². The number of carbonyl (C=O) groups is 1. The van der Waals surface area contributed by atoms with Gasteiger partial charge < -0.3 is 14.2 Å². The van der Waals surface area contributed by atoms with Crippen LogP contribution in [0, 0.1) is 11.8 Å². The Bertz CT molecular complexity index is 1140. The van der Waals surface area contributed by atoms with E-state index in [4.69, 9.17) is 14.2 Å². The van der Waals surface area contributed by atoms with Crippen LogP contribution in [0.2, 0.25) is 0 Å². The maximum absolute atomic E-state index is 13.2. The zero-order valence-electron chi connectivity index (χ0n) is 20.6. The van der Waals surface area contributed by atoms with Crippen LogP contribution in [-0.4, -0.2) is 49.6 Å². The first kappa shape index (κ1) is 21.7. The number of hydrogen-bond donors (Lipinski definition) is 0. The lowest BCUT2D eigenvalue weighted by Gasteiger charge is -2.57. The van der Waals surface area contributed by atoms with E-state index in [1.807, 2.05) is 6.07 Å². The number of Topliss-reactive ketones (excluding diaryl/α,β-unsaturated/α-hetero) is 1. The van der Waals surface area contributed by atoms with Crippen molar-refractivity contribution in [2.24, 2.45) is 11.8 Å². The number of benzene rings is 2. The van der Waals surface area contributed by atoms with Crippen molar-refractivity contribution in [2.75, 3.05) is 26.8 Å². The first-order valence-corrected chi connectivity index (χ1v) is 13.5. The van der Waals surface area contributed by atoms with Crippen LogP contribution >= 0.6 is 0 Å². The number of carbonyl (C=O) groups excluding carboxylic acids is 1. The Hall–Kier alpha value is -2.53. The van der Waals surface area contributed by atoms with E-state index in [-0.39, 0.29) is 17.3 Å². The van der Waals surface area contributed by atoms with Crippen molar-refractivity contribution in [3.05, 3.63) is 53.1 Å². The van der Waals surface area contributed by atoms with Crippen molar-refractivity contribution in [3.63, 3.8) is 0 Å². The molecule has 184 valence electrons. The summed E-state index contributed by atoms with van der Waals surface area (Å²) in [6.45, 7) is 2.94. The lowest BCUT2D eigenvalue weighted by atomic mass is 9.51. The van der Waals surface area contributed by atoms with Gasteiger partial charge in [-0.3, -0.25) is 9.69 Å². The van der Waals surface area contributed by atoms with Gasteiger partial charge in [0.15, 0.2) is 23.4 Å². The molecule has 2 aromatic rings. The standard InChI is InChI=1S/C30H35NO4/c1-33-26-17-25(34-15-5-8-19-6-3-2-4-7-19)21-16-23-22-11-12-24(32)29-30(22,27(21)28(26)35-29)13-14-31(23)18-20-9-10-20/h2-4,6-7,17,20,22-23,29H,5,8-16,18H2,1H3/t22-,23+,29-,30-/m0/s1. The number of ketones is 1. The van der Waals surface area contributed by atoms with E-state index >= 15 is 0 Å². The summed E-state index contributed by atoms with van der Waals surface area (Å²) in [4.78, 5) is 16.0. The van der Waals surface area contributed by atoms with E-state index in [2.05, 4.69) is 35.2 Å². The average molecular weight is 474 g/mol. The second-order valence-electron chi connectivity index (χ2n) is 11.3. The van der Waals surface area contributed by atoms with E-state index in [9.17, 15) is 4.79 Å². The predicted molar refractivity (Wildman–Crippen MR) is 133 cm³/mol. The molecule has 0 aromatic heterocycles. The van der Waals surface area contributed by atoms with Crippen LogP contribution in [-0.2, 0) is 23.1 Å². The highest BCUT2D eigenvalue weighted by molar-refractivity contribution is 5.89. The minimum Gasteiger partial charge on any atom is -0.493 e. The number of rotatable bonds is 8. The second-order valence-corrected chi connectivity index (χ2v) is 11.3. The highest BCUT2D eigenvalue weighted by atomic mass is 16.5. The van der Waals surface area contributed by atoms with E-state index in [0.717, 1.165) is 61.8 Å². The summed E-state index contributed by atoms with van der Waals surface area (Å²) in [5.74, 6) is 4.09. The normalized spacial score (nSPS) is 30.5. The average Bonchev–Trinajstić information content (AvgIpc) is 3.63. The van der Waals surface area contributed by atoms with Crippen molar-refractivity contribution in [1.29, 1.82) is 0 Å². The predicted octanol–water partition coefficient (Wildman–Crippen LogP) is 4.73. The Morgan fingerprint density at radius 3 is 2.80 bits per heavy atom. The minimum absolute atomic E-state index is 0.209. The lowest BCUT2D eigenvalue weighted by Crippen LogP contribution is -2.66. The first-order valence-electron chi connectivity index (χ1n) is 13.5. The van der Waals surface area contributed by atoms with Crippen LogP contribution in [0.15, 0.2) is 36.4 Å². The van der Waals surface area contributed by atoms with E-state index in [0.29, 0.717) is 25.0 Å². The SMILES string of the molecule is COc1cc(OCCCc2ccccc2)c2c3c1O[C@H]1C(=O)CC[C@H]4[C@@H](C2)N(CC2CC2)CC[C@]314. The molecule has 1 spiro atoms. The van der Waals surface area contributed by atoms with Gasteiger partial charge in [-0.1, -0.05) is 30.3 Å². The summed E-state index contributed by atoms with van der Waals surface area (Å²) in [6, 6.07) is 13.1. The van der Waals surface area contributed by atoms with Gasteiger partial charge >= 0.3 is 0 Å². The van der Waals surface area contributed by atoms with Crippen LogP contribution in [0.4, 0.5) is 0 Å². The van der Waals surface area contributed by atoms with Gasteiger partial charge in [0.2, 0.25) is 0 Å². The number of nitrogens with zero attached hydrogens (tertiary/aromatic N) is 1. The number of ether oxygens (including phenoxy) is 3. The molecule has 0 radical (unpaired) electrons. The molecule has 5 heteroatoms. The molecule has 0 amide bonds. The third-order valence-corrected chi connectivity index (χ3v) is 9.42. The second kappa shape index (κ2) is 8.26. The smallest absolute Gasteiger partial charge is 0.174 e. The molecule has 2 saturated carbocycles. The molecule has 1 saturated heterocycles. The van der Waals surface area contributed by atoms with Crippen LogP contribution in [0.1, 0.15) is 55.2 Å². The maximum atomic E-state index is 13.2. The largest absolute Gasteiger partial charge is 0.493 e. The summed E-state index contributed by atoms with van der Waals surface area (Å²) >= 11 is 0. The number of aryl methyl sites for hydroxylation is 1. The fourth-order valence-corrected chi connectivity index (χ4v) is 7.69. The number of methoxy groups -OCH3 is 1. The van der Waals surface area contributed by atoms with Gasteiger partial charge in [-0.25, -0.2) is 0 Å². The summed E-state index contributed by atoms with van der Waals surface area (Å²) in [5.41, 5.74) is 3.66. The molecular formula is C30H35NO4. The molecule has 2 bridgehead atoms. The van der Waals surface area contributed by atoms with Crippen molar-refractivity contribution in [3.8, 4) is 17.2 Å². The van der Waals surface area contributed by atoms with Crippen molar-refractivity contribution in [2.45, 2.75) is 68.9 Å². The van der Waals surface area contributed by atoms with Crippen LogP contribution in [0.3, 0.4) is 0 Å². The first-order chi connectivity index (χ1) is 17.2. The van der Waals surface area contributed by atoms with Crippen molar-refractivity contribution >= 4 is 5.78 Å². The topological polar surface area (TPSA) is 48.0 Å². The third kappa shape index (κ3) is 3.34. The van der Waals surface area contributed by atoms with Gasteiger partial charge in [-0.15, -0.1) is 0 Å². The fourth-order valence-electron chi connectivity index (χ4n) is 7.69. The zero-order chi connectivity index (χ0) is 23.6. The highest BCUT2D eigenvalue weighted by Gasteiger charge is 2.66. The van der Waals surface area contributed by atoms with Gasteiger partial charge in [-0.05, 0) is 68.9 Å². The Balaban J connectivity index is 1.24. The summed E-state index contributed by atoms with van der Waals surface area (Å²) in [7, 11) is 1.70. The Labute approximate surface area is 207 Å². The van der Waals surface area contributed by atoms with E-state index < -0.39 is 0 Å². The summed E-state index contributed by atoms with van der Waals surface area (Å²) < 4.78 is 18.9. The van der Waals surface area contributed by atoms with E-state index in [1.54, 1.807) is 7.11 Å². The van der Waals surface area contributed by atoms with Crippen LogP contribution < -0.4 is 14.2 Å². The molecule has 2 aliphatic heterocycles. The molecule has 0 unspecified atom stereocenters. The third-order valence-electron chi connectivity index (χ3n) is 9.42. The quantitative estimate of drug-likeness (QED) is 0.519. The molecule has 0 N–H and O–H groups in total. The molecule has 2 heterocycles. The van der Waals surface area contributed by atoms with Crippen LogP contribution in [0.5, 0.6) is 17.2 Å². The zero-order valence-corrected chi connectivity index (χ0v) is 20.6. The van der Waals surface area contributed by atoms with Gasteiger partial charge in [0.1, 0.15) is 5.75 Å². The lowest BCUT2D eigenvalue weighted by molar-refractivity contribution is -0.138. The molecule has 35 heavy (non-hydrogen) atoms. The Morgan fingerprint density at radius 1 is 1.14 bits per heavy atom. The Kier molecular flexibility index (Phi) is 5.13. The molecule has 5 aliphatic rings. The number of piperidine rings is 1. The van der Waals surface area contributed by atoms with Crippen LogP contribution in [0.25, 0.3) is 0 Å². The van der Waals surface area contributed by atoms with Gasteiger partial charge in [-0.2, -0.15) is 0 Å². The summed E-state index contributed by atoms with van der Waals surface area (Å²) in [6.07, 6.45) is 7.96. The fraction of sp³-hybridized carbons (Fsp3) is 0.567. The molecule has 3 aliphatic carbocycles. The van der Waals surface area contributed by atoms with Crippen molar-refractivity contribution in [1.82, 2.24) is 4.90 Å². The minimum atomic E-state index is -0.358. The molecule has 4 atom stereocenters. The number of hydrogen-bond acceptors (Lipinski definition) is 5. The van der Waals surface area contributed by atoms with Gasteiger partial charge in [0.05, 0.1) is 13.7 Å². The molecule has 5 nitrogen and oxygen atoms in total. The summed E-state index contributed by atoms with van der Waals surface area (Å²) in [5, 5.41) is 0. The molecule has 3 fully saturated rings. The highest BCUT2D eigenvalue weighted by Crippen LogP contribution is 2.65.